The molecule has 1 aliphatic rings. The quantitative estimate of drug-likeness (QED) is 0.568. The SMILES string of the molecule is O=C(CCc1ccccc1)N1CC[C@H](O)[C@@](O)(CNCCCc2ccccc2)C1. The molecule has 0 spiro atoms. The van der Waals surface area contributed by atoms with Gasteiger partial charge in [0.25, 0.3) is 0 Å². The van der Waals surface area contributed by atoms with E-state index in [0.717, 1.165) is 24.9 Å². The number of aryl methyl sites for hydroxylation is 2. The second-order valence-electron chi connectivity index (χ2n) is 7.97. The van der Waals surface area contributed by atoms with Crippen LogP contribution in [0, 0.1) is 0 Å². The summed E-state index contributed by atoms with van der Waals surface area (Å²) in [5.41, 5.74) is 1.13. The Morgan fingerprint density at radius 2 is 1.66 bits per heavy atom. The van der Waals surface area contributed by atoms with Crippen molar-refractivity contribution in [3.8, 4) is 0 Å². The van der Waals surface area contributed by atoms with Crippen LogP contribution in [-0.4, -0.2) is 58.9 Å². The summed E-state index contributed by atoms with van der Waals surface area (Å²) in [5, 5.41) is 24.6. The third-order valence-electron chi connectivity index (χ3n) is 5.67. The molecule has 3 N–H and O–H groups in total. The molecular weight excluding hydrogens is 364 g/mol. The van der Waals surface area contributed by atoms with E-state index in [-0.39, 0.29) is 19.0 Å². The lowest BCUT2D eigenvalue weighted by Gasteiger charge is -2.43. The van der Waals surface area contributed by atoms with Gasteiger partial charge in [-0.3, -0.25) is 4.79 Å². The average Bonchev–Trinajstić information content (AvgIpc) is 2.75. The van der Waals surface area contributed by atoms with Crippen molar-refractivity contribution in [2.45, 2.75) is 43.8 Å². The van der Waals surface area contributed by atoms with Crippen LogP contribution in [0.4, 0.5) is 0 Å². The van der Waals surface area contributed by atoms with Crippen molar-refractivity contribution in [1.82, 2.24) is 10.2 Å². The summed E-state index contributed by atoms with van der Waals surface area (Å²) in [7, 11) is 0. The first-order valence-corrected chi connectivity index (χ1v) is 10.5. The number of nitrogens with one attached hydrogen (secondary N) is 1. The summed E-state index contributed by atoms with van der Waals surface area (Å²) >= 11 is 0. The molecule has 156 valence electrons. The highest BCUT2D eigenvalue weighted by Crippen LogP contribution is 2.22. The molecule has 29 heavy (non-hydrogen) atoms. The number of benzene rings is 2. The molecule has 5 nitrogen and oxygen atoms in total. The molecule has 2 aromatic rings. The van der Waals surface area contributed by atoms with E-state index in [2.05, 4.69) is 17.4 Å². The van der Waals surface area contributed by atoms with Crippen LogP contribution >= 0.6 is 0 Å². The second-order valence-corrected chi connectivity index (χ2v) is 7.97. The van der Waals surface area contributed by atoms with Crippen molar-refractivity contribution in [1.29, 1.82) is 0 Å². The summed E-state index contributed by atoms with van der Waals surface area (Å²) < 4.78 is 0. The van der Waals surface area contributed by atoms with E-state index in [4.69, 9.17) is 0 Å². The van der Waals surface area contributed by atoms with Gasteiger partial charge in [0.1, 0.15) is 5.60 Å². The Hall–Kier alpha value is -2.21. The van der Waals surface area contributed by atoms with Crippen LogP contribution in [0.2, 0.25) is 0 Å². The van der Waals surface area contributed by atoms with Crippen molar-refractivity contribution in [2.24, 2.45) is 0 Å². The number of carbonyl (C=O) groups excluding carboxylic acids is 1. The highest BCUT2D eigenvalue weighted by atomic mass is 16.3. The fourth-order valence-electron chi connectivity index (χ4n) is 3.87. The molecule has 1 heterocycles. The van der Waals surface area contributed by atoms with E-state index in [1.165, 1.54) is 5.56 Å². The summed E-state index contributed by atoms with van der Waals surface area (Å²) in [5.74, 6) is 0.0308. The fourth-order valence-corrected chi connectivity index (χ4v) is 3.87. The van der Waals surface area contributed by atoms with Crippen LogP contribution in [0.3, 0.4) is 0 Å². The normalized spacial score (nSPS) is 21.9. The van der Waals surface area contributed by atoms with Gasteiger partial charge in [0.05, 0.1) is 12.6 Å². The maximum Gasteiger partial charge on any atom is 0.223 e. The predicted octanol–water partition coefficient (Wildman–Crippen LogP) is 2.17. The molecule has 1 amide bonds. The van der Waals surface area contributed by atoms with Gasteiger partial charge in [-0.05, 0) is 43.4 Å². The number of likely N-dealkylation sites (tertiary alicyclic amines) is 1. The molecule has 2 aromatic carbocycles. The summed E-state index contributed by atoms with van der Waals surface area (Å²) in [6.45, 7) is 1.70. The van der Waals surface area contributed by atoms with Gasteiger partial charge in [-0.15, -0.1) is 0 Å². The zero-order valence-electron chi connectivity index (χ0n) is 17.0. The Labute approximate surface area is 173 Å². The van der Waals surface area contributed by atoms with Crippen LogP contribution in [-0.2, 0) is 17.6 Å². The van der Waals surface area contributed by atoms with Crippen molar-refractivity contribution in [3.05, 3.63) is 71.8 Å². The summed E-state index contributed by atoms with van der Waals surface area (Å²) in [4.78, 5) is 14.3. The van der Waals surface area contributed by atoms with Crippen LogP contribution in [0.5, 0.6) is 0 Å². The molecule has 1 fully saturated rings. The molecule has 0 unspecified atom stereocenters. The van der Waals surface area contributed by atoms with Gasteiger partial charge >= 0.3 is 0 Å². The molecule has 0 bridgehead atoms. The van der Waals surface area contributed by atoms with Gasteiger partial charge in [-0.25, -0.2) is 0 Å². The molecule has 5 heteroatoms. The first-order chi connectivity index (χ1) is 14.1. The smallest absolute Gasteiger partial charge is 0.223 e. The molecule has 0 aromatic heterocycles. The number of amides is 1. The van der Waals surface area contributed by atoms with Crippen LogP contribution in [0.15, 0.2) is 60.7 Å². The number of hydrogen-bond donors (Lipinski definition) is 3. The van der Waals surface area contributed by atoms with Crippen LogP contribution in [0.25, 0.3) is 0 Å². The molecule has 3 rings (SSSR count). The molecule has 2 atom stereocenters. The molecule has 0 radical (unpaired) electrons. The fraction of sp³-hybridized carbons (Fsp3) is 0.458. The standard InChI is InChI=1S/C24H32N2O3/c27-22-15-17-26(23(28)14-13-21-10-5-2-6-11-21)19-24(22,29)18-25-16-7-12-20-8-3-1-4-9-20/h1-6,8-11,22,25,27,29H,7,12-19H2/t22-,24+/m0/s1. The number of carbonyl (C=O) groups is 1. The number of rotatable bonds is 9. The zero-order valence-corrected chi connectivity index (χ0v) is 17.0. The van der Waals surface area contributed by atoms with Gasteiger partial charge in [0.15, 0.2) is 0 Å². The van der Waals surface area contributed by atoms with Gasteiger partial charge in [0.2, 0.25) is 5.91 Å². The molecule has 1 saturated heterocycles. The van der Waals surface area contributed by atoms with Crippen molar-refractivity contribution in [3.63, 3.8) is 0 Å². The van der Waals surface area contributed by atoms with E-state index < -0.39 is 11.7 Å². The predicted molar refractivity (Wildman–Crippen MR) is 115 cm³/mol. The number of piperidine rings is 1. The van der Waals surface area contributed by atoms with Crippen molar-refractivity contribution in [2.75, 3.05) is 26.2 Å². The Kier molecular flexibility index (Phi) is 7.81. The zero-order chi connectivity index (χ0) is 20.5. The minimum absolute atomic E-state index is 0.0308. The van der Waals surface area contributed by atoms with Crippen LogP contribution in [0.1, 0.15) is 30.4 Å². The number of nitrogens with zero attached hydrogens (tertiary/aromatic N) is 1. The number of aliphatic hydroxyl groups is 2. The van der Waals surface area contributed by atoms with E-state index in [0.29, 0.717) is 25.8 Å². The average molecular weight is 397 g/mol. The monoisotopic (exact) mass is 396 g/mol. The maximum atomic E-state index is 12.6. The van der Waals surface area contributed by atoms with E-state index in [9.17, 15) is 15.0 Å². The Morgan fingerprint density at radius 1 is 1.03 bits per heavy atom. The van der Waals surface area contributed by atoms with Crippen molar-refractivity contribution < 1.29 is 15.0 Å². The molecular formula is C24H32N2O3. The third kappa shape index (κ3) is 6.39. The third-order valence-corrected chi connectivity index (χ3v) is 5.67. The topological polar surface area (TPSA) is 72.8 Å². The highest BCUT2D eigenvalue weighted by Gasteiger charge is 2.41. The maximum absolute atomic E-state index is 12.6. The Bertz CT molecular complexity index is 753. The largest absolute Gasteiger partial charge is 0.390 e. The minimum Gasteiger partial charge on any atom is -0.390 e. The van der Waals surface area contributed by atoms with E-state index in [1.54, 1.807) is 4.90 Å². The van der Waals surface area contributed by atoms with Gasteiger partial charge < -0.3 is 20.4 Å². The first kappa shape index (κ1) is 21.5. The Balaban J connectivity index is 1.43. The highest BCUT2D eigenvalue weighted by molar-refractivity contribution is 5.76. The second kappa shape index (κ2) is 10.5. The minimum atomic E-state index is -1.30. The van der Waals surface area contributed by atoms with Gasteiger partial charge in [-0.2, -0.15) is 0 Å². The van der Waals surface area contributed by atoms with Gasteiger partial charge in [0, 0.05) is 19.5 Å². The number of aliphatic hydroxyl groups excluding tert-OH is 1. The van der Waals surface area contributed by atoms with E-state index >= 15 is 0 Å². The summed E-state index contributed by atoms with van der Waals surface area (Å²) in [6, 6.07) is 20.2. The number of β-amino-alcohol motifs (C(OH)–C–C–N with tert-alkyl or cyclic N) is 1. The molecule has 0 saturated carbocycles. The van der Waals surface area contributed by atoms with Gasteiger partial charge in [-0.1, -0.05) is 60.7 Å². The lowest BCUT2D eigenvalue weighted by atomic mass is 9.89. The van der Waals surface area contributed by atoms with Crippen molar-refractivity contribution >= 4 is 5.91 Å². The lowest BCUT2D eigenvalue weighted by Crippen LogP contribution is -2.62. The first-order valence-electron chi connectivity index (χ1n) is 10.5. The van der Waals surface area contributed by atoms with Crippen LogP contribution < -0.4 is 5.32 Å². The lowest BCUT2D eigenvalue weighted by molar-refractivity contribution is -0.150. The van der Waals surface area contributed by atoms with E-state index in [1.807, 2.05) is 48.5 Å². The number of hydrogen-bond acceptors (Lipinski definition) is 4. The molecule has 1 aliphatic heterocycles. The summed E-state index contributed by atoms with van der Waals surface area (Å²) in [6.07, 6.45) is 2.62. The molecule has 0 aliphatic carbocycles. The Morgan fingerprint density at radius 3 is 2.31 bits per heavy atom.